The molecule has 26 heavy (non-hydrogen) atoms. The Balaban J connectivity index is 1.72. The van der Waals surface area contributed by atoms with Crippen LogP contribution in [0.25, 0.3) is 0 Å². The van der Waals surface area contributed by atoms with Crippen LogP contribution in [-0.2, 0) is 23.7 Å². The van der Waals surface area contributed by atoms with Gasteiger partial charge in [-0.15, -0.1) is 0 Å². The molecule has 142 valence electrons. The molecule has 3 rings (SSSR count). The molecule has 2 heterocycles. The summed E-state index contributed by atoms with van der Waals surface area (Å²) in [6.07, 6.45) is 0.543. The molecular weight excluding hydrogens is 336 g/mol. The third kappa shape index (κ3) is 4.71. The highest BCUT2D eigenvalue weighted by atomic mass is 16.7. The van der Waals surface area contributed by atoms with Gasteiger partial charge in [0.1, 0.15) is 17.8 Å². The Bertz CT molecular complexity index is 635. The lowest BCUT2D eigenvalue weighted by atomic mass is 10.0. The average molecular weight is 362 g/mol. The molecule has 6 nitrogen and oxygen atoms in total. The largest absolute Gasteiger partial charge is 0.458 e. The van der Waals surface area contributed by atoms with Crippen LogP contribution in [0.4, 0.5) is 0 Å². The summed E-state index contributed by atoms with van der Waals surface area (Å²) in [6.45, 7) is 5.58. The van der Waals surface area contributed by atoms with Crippen molar-refractivity contribution in [2.75, 3.05) is 6.61 Å². The third-order valence-corrected chi connectivity index (χ3v) is 4.14. The first-order chi connectivity index (χ1) is 12.3. The van der Waals surface area contributed by atoms with E-state index in [0.717, 1.165) is 5.56 Å². The van der Waals surface area contributed by atoms with Crippen LogP contribution in [0.2, 0.25) is 0 Å². The van der Waals surface area contributed by atoms with Gasteiger partial charge in [-0.1, -0.05) is 42.5 Å². The predicted molar refractivity (Wildman–Crippen MR) is 94.3 cm³/mol. The first-order valence-corrected chi connectivity index (χ1v) is 8.88. The minimum Gasteiger partial charge on any atom is -0.458 e. The average Bonchev–Trinajstić information content (AvgIpc) is 2.57. The predicted octanol–water partition coefficient (Wildman–Crippen LogP) is 2.52. The maximum atomic E-state index is 12.4. The lowest BCUT2D eigenvalue weighted by molar-refractivity contribution is -0.268. The SMILES string of the molecule is CC(C)(C)OC(=O)[C@@H]1O[C@@H]2CO[C@@H](c3ccccc3)O[C@H]2/C=C\C[C@H]1O. The molecule has 0 aromatic heterocycles. The molecule has 2 aliphatic rings. The van der Waals surface area contributed by atoms with Gasteiger partial charge in [0.15, 0.2) is 12.4 Å². The van der Waals surface area contributed by atoms with Gasteiger partial charge in [0.05, 0.1) is 12.7 Å². The van der Waals surface area contributed by atoms with Gasteiger partial charge in [-0.3, -0.25) is 0 Å². The minimum atomic E-state index is -1.08. The summed E-state index contributed by atoms with van der Waals surface area (Å²) in [4.78, 5) is 12.4. The number of ether oxygens (including phenoxy) is 4. The molecule has 2 aliphatic heterocycles. The molecule has 1 N–H and O–H groups in total. The van der Waals surface area contributed by atoms with E-state index >= 15 is 0 Å². The van der Waals surface area contributed by atoms with E-state index in [2.05, 4.69) is 0 Å². The Hall–Kier alpha value is -1.73. The van der Waals surface area contributed by atoms with E-state index in [1.807, 2.05) is 42.5 Å². The smallest absolute Gasteiger partial charge is 0.338 e. The standard InChI is InChI=1S/C20H26O6/c1-20(2,3)26-18(22)17-14(21)10-7-11-15-16(24-17)12-23-19(25-15)13-8-5-4-6-9-13/h4-9,11,14-17,19,21H,10,12H2,1-3H3/b11-7-/t14-,15+,16-,17-,19-/m1/s1. The Labute approximate surface area is 153 Å². The molecule has 0 unspecified atom stereocenters. The molecule has 1 saturated heterocycles. The minimum absolute atomic E-state index is 0.251. The van der Waals surface area contributed by atoms with Gasteiger partial charge >= 0.3 is 5.97 Å². The van der Waals surface area contributed by atoms with Crippen molar-refractivity contribution in [2.45, 2.75) is 63.5 Å². The van der Waals surface area contributed by atoms with Crippen molar-refractivity contribution in [2.24, 2.45) is 0 Å². The zero-order valence-corrected chi connectivity index (χ0v) is 15.3. The number of carbonyl (C=O) groups is 1. The summed E-state index contributed by atoms with van der Waals surface area (Å²) in [7, 11) is 0. The molecule has 1 aromatic rings. The quantitative estimate of drug-likeness (QED) is 0.644. The van der Waals surface area contributed by atoms with Gasteiger partial charge in [0.2, 0.25) is 0 Å². The van der Waals surface area contributed by atoms with E-state index in [1.165, 1.54) is 0 Å². The van der Waals surface area contributed by atoms with Crippen molar-refractivity contribution in [3.05, 3.63) is 48.0 Å². The van der Waals surface area contributed by atoms with E-state index in [9.17, 15) is 9.90 Å². The summed E-state index contributed by atoms with van der Waals surface area (Å²) >= 11 is 0. The monoisotopic (exact) mass is 362 g/mol. The van der Waals surface area contributed by atoms with Crippen LogP contribution in [0.1, 0.15) is 39.0 Å². The van der Waals surface area contributed by atoms with Crippen molar-refractivity contribution >= 4 is 5.97 Å². The molecule has 0 radical (unpaired) electrons. The first-order valence-electron chi connectivity index (χ1n) is 8.88. The van der Waals surface area contributed by atoms with Crippen LogP contribution in [0.5, 0.6) is 0 Å². The van der Waals surface area contributed by atoms with E-state index in [4.69, 9.17) is 18.9 Å². The van der Waals surface area contributed by atoms with Crippen molar-refractivity contribution in [3.8, 4) is 0 Å². The molecule has 1 aromatic carbocycles. The number of aliphatic hydroxyl groups excluding tert-OH is 1. The van der Waals surface area contributed by atoms with Gasteiger partial charge in [0, 0.05) is 5.56 Å². The highest BCUT2D eigenvalue weighted by Gasteiger charge is 2.40. The first kappa shape index (κ1) is 19.0. The molecule has 6 heteroatoms. The molecule has 0 amide bonds. The van der Waals surface area contributed by atoms with Crippen LogP contribution in [0, 0.1) is 0 Å². The van der Waals surface area contributed by atoms with Crippen LogP contribution in [0.15, 0.2) is 42.5 Å². The van der Waals surface area contributed by atoms with E-state index in [0.29, 0.717) is 0 Å². The highest BCUT2D eigenvalue weighted by Crippen LogP contribution is 2.30. The Morgan fingerprint density at radius 3 is 2.62 bits per heavy atom. The van der Waals surface area contributed by atoms with Crippen molar-refractivity contribution in [3.63, 3.8) is 0 Å². The van der Waals surface area contributed by atoms with Crippen LogP contribution >= 0.6 is 0 Å². The molecule has 1 fully saturated rings. The summed E-state index contributed by atoms with van der Waals surface area (Å²) in [5, 5.41) is 10.3. The van der Waals surface area contributed by atoms with Crippen LogP contribution < -0.4 is 0 Å². The van der Waals surface area contributed by atoms with Gasteiger partial charge in [0.25, 0.3) is 0 Å². The summed E-state index contributed by atoms with van der Waals surface area (Å²) in [5.74, 6) is -0.579. The lowest BCUT2D eigenvalue weighted by Gasteiger charge is -2.38. The molecule has 0 aliphatic carbocycles. The second kappa shape index (κ2) is 7.88. The summed E-state index contributed by atoms with van der Waals surface area (Å²) < 4.78 is 23.0. The Morgan fingerprint density at radius 1 is 1.19 bits per heavy atom. The van der Waals surface area contributed by atoms with Gasteiger partial charge in [-0.25, -0.2) is 4.79 Å². The number of carbonyl (C=O) groups excluding carboxylic acids is 1. The van der Waals surface area contributed by atoms with Crippen molar-refractivity contribution < 1.29 is 28.8 Å². The fraction of sp³-hybridized carbons (Fsp3) is 0.550. The molecular formula is C20H26O6. The molecule has 0 spiro atoms. The van der Waals surface area contributed by atoms with Crippen LogP contribution in [0.3, 0.4) is 0 Å². The fourth-order valence-electron chi connectivity index (χ4n) is 2.94. The van der Waals surface area contributed by atoms with Gasteiger partial charge < -0.3 is 24.1 Å². The lowest BCUT2D eigenvalue weighted by Crippen LogP contribution is -2.50. The third-order valence-electron chi connectivity index (χ3n) is 4.14. The number of benzene rings is 1. The maximum absolute atomic E-state index is 12.4. The topological polar surface area (TPSA) is 74.2 Å². The van der Waals surface area contributed by atoms with E-state index < -0.39 is 36.2 Å². The summed E-state index contributed by atoms with van der Waals surface area (Å²) in [6, 6.07) is 9.65. The number of esters is 1. The van der Waals surface area contributed by atoms with Gasteiger partial charge in [-0.05, 0) is 27.2 Å². The number of fused-ring (bicyclic) bond motifs is 1. The normalized spacial score (nSPS) is 33.5. The second-order valence-electron chi connectivity index (χ2n) is 7.54. The summed E-state index contributed by atoms with van der Waals surface area (Å²) in [5.41, 5.74) is 0.264. The number of aliphatic hydroxyl groups is 1. The van der Waals surface area contributed by atoms with Crippen LogP contribution in [-0.4, -0.2) is 47.7 Å². The number of hydrogen-bond donors (Lipinski definition) is 1. The number of rotatable bonds is 2. The van der Waals surface area contributed by atoms with E-state index in [-0.39, 0.29) is 19.1 Å². The number of hydrogen-bond acceptors (Lipinski definition) is 6. The Kier molecular flexibility index (Phi) is 5.77. The van der Waals surface area contributed by atoms with E-state index in [1.54, 1.807) is 20.8 Å². The maximum Gasteiger partial charge on any atom is 0.338 e. The zero-order chi connectivity index (χ0) is 18.7. The van der Waals surface area contributed by atoms with Gasteiger partial charge in [-0.2, -0.15) is 0 Å². The second-order valence-corrected chi connectivity index (χ2v) is 7.54. The fourth-order valence-corrected chi connectivity index (χ4v) is 2.94. The molecule has 0 bridgehead atoms. The molecule has 0 saturated carbocycles. The van der Waals surface area contributed by atoms with Crippen molar-refractivity contribution in [1.29, 1.82) is 0 Å². The highest BCUT2D eigenvalue weighted by molar-refractivity contribution is 5.76. The van der Waals surface area contributed by atoms with Crippen molar-refractivity contribution in [1.82, 2.24) is 0 Å². The molecule has 5 atom stereocenters. The Morgan fingerprint density at radius 2 is 1.92 bits per heavy atom. The zero-order valence-electron chi connectivity index (χ0n) is 15.3.